The SMILES string of the molecule is CCOc1ccc(/C(O)=C2\C(=O)C(=O)N(CCOCCO)[C@H]2c2ccc(C(C)(C)C)cc2)cc1. The molecular weight excluding hydrogens is 434 g/mol. The minimum Gasteiger partial charge on any atom is -0.507 e. The van der Waals surface area contributed by atoms with Gasteiger partial charge in [-0.3, -0.25) is 9.59 Å². The van der Waals surface area contributed by atoms with Gasteiger partial charge in [0.1, 0.15) is 11.5 Å². The predicted molar refractivity (Wildman–Crippen MR) is 130 cm³/mol. The highest BCUT2D eigenvalue weighted by atomic mass is 16.5. The third-order valence-corrected chi connectivity index (χ3v) is 5.78. The fourth-order valence-electron chi connectivity index (χ4n) is 3.98. The third kappa shape index (κ3) is 5.48. The van der Waals surface area contributed by atoms with Crippen LogP contribution in [-0.4, -0.2) is 59.8 Å². The van der Waals surface area contributed by atoms with E-state index in [2.05, 4.69) is 20.8 Å². The number of likely N-dealkylation sites (tertiary alicyclic amines) is 1. The van der Waals surface area contributed by atoms with Gasteiger partial charge in [0.05, 0.1) is 38.0 Å². The van der Waals surface area contributed by atoms with Crippen molar-refractivity contribution in [1.29, 1.82) is 0 Å². The number of aliphatic hydroxyl groups excluding tert-OH is 2. The fraction of sp³-hybridized carbons (Fsp3) is 0.407. The normalized spacial score (nSPS) is 17.9. The van der Waals surface area contributed by atoms with E-state index in [0.717, 1.165) is 11.1 Å². The highest BCUT2D eigenvalue weighted by Crippen LogP contribution is 2.40. The summed E-state index contributed by atoms with van der Waals surface area (Å²) in [5.41, 5.74) is 2.25. The van der Waals surface area contributed by atoms with Crippen molar-refractivity contribution >= 4 is 17.4 Å². The molecule has 0 unspecified atom stereocenters. The van der Waals surface area contributed by atoms with E-state index in [1.165, 1.54) is 4.90 Å². The first-order chi connectivity index (χ1) is 16.2. The lowest BCUT2D eigenvalue weighted by molar-refractivity contribution is -0.140. The lowest BCUT2D eigenvalue weighted by atomic mass is 9.85. The molecule has 0 spiro atoms. The largest absolute Gasteiger partial charge is 0.507 e. The molecule has 1 aliphatic rings. The van der Waals surface area contributed by atoms with Gasteiger partial charge >= 0.3 is 0 Å². The minimum atomic E-state index is -0.752. The van der Waals surface area contributed by atoms with Crippen LogP contribution < -0.4 is 4.74 Å². The molecule has 1 amide bonds. The van der Waals surface area contributed by atoms with E-state index in [4.69, 9.17) is 14.6 Å². The van der Waals surface area contributed by atoms with E-state index in [1.54, 1.807) is 24.3 Å². The molecule has 2 N–H and O–H groups in total. The first-order valence-corrected chi connectivity index (χ1v) is 11.5. The van der Waals surface area contributed by atoms with Gasteiger partial charge < -0.3 is 24.6 Å². The maximum absolute atomic E-state index is 13.1. The molecule has 0 radical (unpaired) electrons. The Morgan fingerprint density at radius 3 is 2.21 bits per heavy atom. The molecule has 7 nitrogen and oxygen atoms in total. The van der Waals surface area contributed by atoms with Crippen LogP contribution in [0.15, 0.2) is 54.1 Å². The van der Waals surface area contributed by atoms with Crippen LogP contribution in [0.3, 0.4) is 0 Å². The molecule has 0 saturated carbocycles. The van der Waals surface area contributed by atoms with Crippen LogP contribution in [0.5, 0.6) is 5.75 Å². The topological polar surface area (TPSA) is 96.3 Å². The molecule has 7 heteroatoms. The van der Waals surface area contributed by atoms with Crippen molar-refractivity contribution in [2.75, 3.05) is 33.0 Å². The second kappa shape index (κ2) is 10.8. The van der Waals surface area contributed by atoms with E-state index in [0.29, 0.717) is 17.9 Å². The molecule has 0 aromatic heterocycles. The maximum atomic E-state index is 13.1. The second-order valence-electron chi connectivity index (χ2n) is 9.16. The highest BCUT2D eigenvalue weighted by molar-refractivity contribution is 6.46. The minimum absolute atomic E-state index is 0.0415. The Kier molecular flexibility index (Phi) is 8.12. The Morgan fingerprint density at radius 2 is 1.65 bits per heavy atom. The number of carbonyl (C=O) groups excluding carboxylic acids is 2. The van der Waals surface area contributed by atoms with Gasteiger partial charge in [0.15, 0.2) is 0 Å². The lowest BCUT2D eigenvalue weighted by Gasteiger charge is -2.26. The summed E-state index contributed by atoms with van der Waals surface area (Å²) in [7, 11) is 0. The smallest absolute Gasteiger partial charge is 0.295 e. The molecule has 3 rings (SSSR count). The van der Waals surface area contributed by atoms with Crippen LogP contribution >= 0.6 is 0 Å². The maximum Gasteiger partial charge on any atom is 0.295 e. The fourth-order valence-corrected chi connectivity index (χ4v) is 3.98. The van der Waals surface area contributed by atoms with Gasteiger partial charge in [-0.05, 0) is 47.7 Å². The van der Waals surface area contributed by atoms with Crippen LogP contribution in [-0.2, 0) is 19.7 Å². The Hall–Kier alpha value is -3.16. The van der Waals surface area contributed by atoms with E-state index in [9.17, 15) is 14.7 Å². The van der Waals surface area contributed by atoms with Crippen molar-refractivity contribution in [2.24, 2.45) is 0 Å². The number of rotatable bonds is 9. The summed E-state index contributed by atoms with van der Waals surface area (Å²) in [6.45, 7) is 9.04. The molecule has 0 bridgehead atoms. The number of benzene rings is 2. The Morgan fingerprint density at radius 1 is 1.00 bits per heavy atom. The Balaban J connectivity index is 2.05. The van der Waals surface area contributed by atoms with Gasteiger partial charge in [0.2, 0.25) is 0 Å². The van der Waals surface area contributed by atoms with Crippen molar-refractivity contribution in [3.8, 4) is 5.75 Å². The van der Waals surface area contributed by atoms with Crippen LogP contribution in [0.1, 0.15) is 50.4 Å². The molecule has 1 fully saturated rings. The summed E-state index contributed by atoms with van der Waals surface area (Å²) >= 11 is 0. The number of nitrogens with zero attached hydrogens (tertiary/aromatic N) is 1. The van der Waals surface area contributed by atoms with Crippen molar-refractivity contribution < 1.29 is 29.3 Å². The van der Waals surface area contributed by atoms with Crippen LogP contribution in [0.4, 0.5) is 0 Å². The molecule has 2 aromatic rings. The summed E-state index contributed by atoms with van der Waals surface area (Å²) in [4.78, 5) is 27.5. The summed E-state index contributed by atoms with van der Waals surface area (Å²) in [6, 6.07) is 13.8. The number of Topliss-reactive ketones (excluding diaryl/α,β-unsaturated/α-hetero) is 1. The van der Waals surface area contributed by atoms with Crippen molar-refractivity contribution in [3.05, 3.63) is 70.8 Å². The first kappa shape index (κ1) is 25.5. The van der Waals surface area contributed by atoms with Crippen molar-refractivity contribution in [2.45, 2.75) is 39.2 Å². The number of ketones is 1. The summed E-state index contributed by atoms with van der Waals surface area (Å²) in [5, 5.41) is 20.1. The number of ether oxygens (including phenoxy) is 2. The van der Waals surface area contributed by atoms with E-state index < -0.39 is 17.7 Å². The number of aliphatic hydroxyl groups is 2. The number of amides is 1. The van der Waals surface area contributed by atoms with Crippen LogP contribution in [0.2, 0.25) is 0 Å². The van der Waals surface area contributed by atoms with Gasteiger partial charge in [-0.15, -0.1) is 0 Å². The molecule has 34 heavy (non-hydrogen) atoms. The van der Waals surface area contributed by atoms with Crippen molar-refractivity contribution in [1.82, 2.24) is 4.90 Å². The van der Waals surface area contributed by atoms with Gasteiger partial charge in [0, 0.05) is 12.1 Å². The van der Waals surface area contributed by atoms with Crippen LogP contribution in [0.25, 0.3) is 5.76 Å². The monoisotopic (exact) mass is 467 g/mol. The first-order valence-electron chi connectivity index (χ1n) is 11.5. The lowest BCUT2D eigenvalue weighted by Crippen LogP contribution is -2.33. The quantitative estimate of drug-likeness (QED) is 0.252. The van der Waals surface area contributed by atoms with E-state index in [1.807, 2.05) is 31.2 Å². The zero-order valence-electron chi connectivity index (χ0n) is 20.2. The molecule has 0 aliphatic carbocycles. The number of carbonyl (C=O) groups is 2. The molecule has 1 aliphatic heterocycles. The number of hydrogen-bond acceptors (Lipinski definition) is 6. The standard InChI is InChI=1S/C27H33NO6/c1-5-34-21-12-8-19(9-13-21)24(30)22-23(18-6-10-20(11-7-18)27(2,3)4)28(26(32)25(22)31)14-16-33-17-15-29/h6-13,23,29-30H,5,14-17H2,1-4H3/b24-22+/t23-/m0/s1. The van der Waals surface area contributed by atoms with E-state index >= 15 is 0 Å². The summed E-state index contributed by atoms with van der Waals surface area (Å²) in [6.07, 6.45) is 0. The third-order valence-electron chi connectivity index (χ3n) is 5.78. The van der Waals surface area contributed by atoms with E-state index in [-0.39, 0.29) is 43.1 Å². The van der Waals surface area contributed by atoms with Gasteiger partial charge in [0.25, 0.3) is 11.7 Å². The number of hydrogen-bond donors (Lipinski definition) is 2. The average Bonchev–Trinajstić information content (AvgIpc) is 3.06. The molecule has 1 saturated heterocycles. The molecule has 1 atom stereocenters. The zero-order chi connectivity index (χ0) is 24.9. The highest BCUT2D eigenvalue weighted by Gasteiger charge is 2.45. The molecule has 1 heterocycles. The van der Waals surface area contributed by atoms with Crippen molar-refractivity contribution in [3.63, 3.8) is 0 Å². The zero-order valence-corrected chi connectivity index (χ0v) is 20.2. The summed E-state index contributed by atoms with van der Waals surface area (Å²) < 4.78 is 10.8. The summed E-state index contributed by atoms with van der Waals surface area (Å²) in [5.74, 6) is -1.01. The van der Waals surface area contributed by atoms with Gasteiger partial charge in [-0.1, -0.05) is 45.0 Å². The Labute approximate surface area is 200 Å². The predicted octanol–water partition coefficient (Wildman–Crippen LogP) is 3.81. The van der Waals surface area contributed by atoms with Crippen LogP contribution in [0, 0.1) is 0 Å². The Bertz CT molecular complexity index is 1030. The molecule has 2 aromatic carbocycles. The van der Waals surface area contributed by atoms with Gasteiger partial charge in [-0.25, -0.2) is 0 Å². The second-order valence-corrected chi connectivity index (χ2v) is 9.16. The molecule has 182 valence electrons. The van der Waals surface area contributed by atoms with Gasteiger partial charge in [-0.2, -0.15) is 0 Å². The molecular formula is C27H33NO6. The average molecular weight is 468 g/mol.